The molecule has 0 bridgehead atoms. The Morgan fingerprint density at radius 2 is 0.853 bits per heavy atom. The van der Waals surface area contributed by atoms with Crippen molar-refractivity contribution in [1.29, 1.82) is 10.5 Å². The first kappa shape index (κ1) is 71.5. The fourth-order valence-electron chi connectivity index (χ4n) is 11.8. The summed E-state index contributed by atoms with van der Waals surface area (Å²) in [5.74, 6) is -17.1. The molecule has 0 atom stereocenters. The fourth-order valence-corrected chi connectivity index (χ4v) is 17.1. The molecule has 0 aliphatic heterocycles. The molecule has 0 aliphatic carbocycles. The minimum absolute atomic E-state index is 0.00252. The summed E-state index contributed by atoms with van der Waals surface area (Å²) < 4.78 is 257. The van der Waals surface area contributed by atoms with E-state index in [9.17, 15) is 48.9 Å². The van der Waals surface area contributed by atoms with Crippen LogP contribution in [0.2, 0.25) is 0 Å². The third kappa shape index (κ3) is 12.1. The summed E-state index contributed by atoms with van der Waals surface area (Å²) >= 11 is 2.21. The highest BCUT2D eigenvalue weighted by Crippen LogP contribution is 2.56. The Morgan fingerprint density at radius 1 is 0.480 bits per heavy atom. The van der Waals surface area contributed by atoms with E-state index in [1.54, 1.807) is 150 Å². The summed E-state index contributed by atoms with van der Waals surface area (Å²) in [6, 6.07) is 61.1. The molecule has 12 aromatic rings. The SMILES string of the molecule is COc1ccc2nc(/C(C#N)=c3/c4c(-c5ccccc5C)n(B(c5ccccc5)c5ccccc5)/c(=C(/C#N)c5nc6ccc(OC)cc6s5)c4c(-c4ccc(OS(=O)(=O)C(F)(F)C(F)(F)C(F)(F)C(F)(F)S(=O)(=O)NS(=O)(=O)C(F)(F)F)cc4)n3B(c3ccccc3)c3ccccc3)sc2c1. The van der Waals surface area contributed by atoms with Crippen molar-refractivity contribution < 1.29 is 87.2 Å². The third-order valence-electron chi connectivity index (χ3n) is 16.5. The summed E-state index contributed by atoms with van der Waals surface area (Å²) in [6.07, 6.45) is 0. The van der Waals surface area contributed by atoms with Crippen LogP contribution in [0.5, 0.6) is 17.2 Å². The van der Waals surface area contributed by atoms with E-state index in [1.165, 1.54) is 14.2 Å². The van der Waals surface area contributed by atoms with E-state index in [4.69, 9.17) is 19.4 Å². The first-order valence-electron chi connectivity index (χ1n) is 29.7. The van der Waals surface area contributed by atoms with Crippen molar-refractivity contribution in [3.05, 3.63) is 233 Å². The number of nitrogens with one attached hydrogen (secondary N) is 1. The standard InChI is InChI=1S/C68H44B2F11N7O9S5/c1-40-18-16-17-27-49(40)59-57-56(60(50(38-82)62-84-52-34-32-47(95-2)36-54(52)98-62)88(59)70(44-23-12-6-13-24-44)45-25-14-7-15-26-45)58(41-28-30-46(31-29-41)97-102(93,94)67(77,78)65(73,74)64(71,72)66(75,76)100(89,90)86-101(91,92)68(79,80)81)87(69(42-19-8-4-9-20-42)43-21-10-5-11-22-43)61(57)51(39-83)63-85-53-35-33-48(96-3)37-55(53)99-63/h4-37,86H,1-3H3/b60-50-,61-51-. The maximum absolute atomic E-state index is 16.0. The van der Waals surface area contributed by atoms with Crippen LogP contribution in [0.3, 0.4) is 0 Å². The zero-order chi connectivity index (χ0) is 73.3. The van der Waals surface area contributed by atoms with E-state index >= 15 is 35.1 Å². The van der Waals surface area contributed by atoms with Crippen LogP contribution in [-0.2, 0) is 30.2 Å². The summed E-state index contributed by atoms with van der Waals surface area (Å²) in [5.41, 5.74) is -2.60. The summed E-state index contributed by atoms with van der Waals surface area (Å²) in [6.45, 7) is -0.257. The number of alkyl halides is 11. The van der Waals surface area contributed by atoms with Gasteiger partial charge in [0.2, 0.25) is 0 Å². The molecule has 8 aromatic carbocycles. The molecule has 0 unspecified atom stereocenters. The smallest absolute Gasteiger partial charge is 0.497 e. The second-order valence-corrected chi connectivity index (χ2v) is 29.9. The van der Waals surface area contributed by atoms with Crippen LogP contribution < -0.4 is 50.3 Å². The molecule has 0 saturated carbocycles. The van der Waals surface area contributed by atoms with E-state index in [0.717, 1.165) is 34.8 Å². The van der Waals surface area contributed by atoms with Gasteiger partial charge < -0.3 is 22.6 Å². The number of methoxy groups -OCH3 is 2. The Hall–Kier alpha value is -10.4. The predicted octanol–water partition coefficient (Wildman–Crippen LogP) is 11.0. The number of fused-ring (bicyclic) bond motifs is 3. The number of hydrogen-bond donors (Lipinski definition) is 1. The van der Waals surface area contributed by atoms with Crippen molar-refractivity contribution >= 4 is 131 Å². The molecule has 12 rings (SSSR count). The number of ether oxygens (including phenoxy) is 2. The van der Waals surface area contributed by atoms with Crippen molar-refractivity contribution in [1.82, 2.24) is 23.1 Å². The number of nitriles is 2. The summed E-state index contributed by atoms with van der Waals surface area (Å²) in [7, 11) is -21.0. The largest absolute Gasteiger partial charge is 0.512 e. The minimum Gasteiger partial charge on any atom is -0.497 e. The number of rotatable bonds is 21. The van der Waals surface area contributed by atoms with E-state index in [2.05, 4.69) is 16.3 Å². The maximum Gasteiger partial charge on any atom is 0.512 e. The number of hydrogen-bond acceptors (Lipinski definition) is 15. The van der Waals surface area contributed by atoms with Crippen molar-refractivity contribution in [2.24, 2.45) is 0 Å². The van der Waals surface area contributed by atoms with E-state index in [1.807, 2.05) is 47.8 Å². The van der Waals surface area contributed by atoms with Gasteiger partial charge in [-0.2, -0.15) is 67.2 Å². The molecular formula is C68H44B2F11N7O9S5. The number of aryl methyl sites for hydroxylation is 1. The Morgan fingerprint density at radius 3 is 1.25 bits per heavy atom. The van der Waals surface area contributed by atoms with Crippen LogP contribution in [0, 0.1) is 29.6 Å². The molecule has 34 heteroatoms. The van der Waals surface area contributed by atoms with Crippen molar-refractivity contribution in [2.45, 2.75) is 34.8 Å². The van der Waals surface area contributed by atoms with Crippen LogP contribution in [0.1, 0.15) is 15.6 Å². The number of aromatic nitrogens is 4. The third-order valence-corrected chi connectivity index (χ3v) is 23.2. The first-order valence-corrected chi connectivity index (χ1v) is 35.7. The Balaban J connectivity index is 1.26. The molecule has 16 nitrogen and oxygen atoms in total. The van der Waals surface area contributed by atoms with Crippen LogP contribution >= 0.6 is 22.7 Å². The molecule has 0 radical (unpaired) electrons. The van der Waals surface area contributed by atoms with E-state index < -0.39 is 81.6 Å². The van der Waals surface area contributed by atoms with Crippen LogP contribution in [-0.4, -0.2) is 100.0 Å². The lowest BCUT2D eigenvalue weighted by Crippen LogP contribution is -2.68. The zero-order valence-corrected chi connectivity index (χ0v) is 56.4. The van der Waals surface area contributed by atoms with Gasteiger partial charge in [-0.15, -0.1) is 22.7 Å². The average molecular weight is 1490 g/mol. The van der Waals surface area contributed by atoms with Gasteiger partial charge >= 0.3 is 61.7 Å². The second-order valence-electron chi connectivity index (χ2n) is 22.6. The van der Waals surface area contributed by atoms with Gasteiger partial charge in [-0.3, -0.25) is 0 Å². The highest BCUT2D eigenvalue weighted by Gasteiger charge is 2.88. The minimum atomic E-state index is -8.36. The fraction of sp³-hybridized carbons (Fsp3) is 0.118. The molecule has 518 valence electrons. The molecule has 1 N–H and O–H groups in total. The number of benzene rings is 8. The van der Waals surface area contributed by atoms with Gasteiger partial charge in [0.1, 0.15) is 50.5 Å². The molecule has 4 aromatic heterocycles. The zero-order valence-electron chi connectivity index (χ0n) is 52.3. The molecule has 102 heavy (non-hydrogen) atoms. The van der Waals surface area contributed by atoms with Gasteiger partial charge in [0.15, 0.2) is 0 Å². The topological polar surface area (TPSA) is 225 Å². The first-order chi connectivity index (χ1) is 48.3. The van der Waals surface area contributed by atoms with Crippen LogP contribution in [0.4, 0.5) is 48.3 Å². The average Bonchev–Trinajstić information content (AvgIpc) is 1.46. The highest BCUT2D eigenvalue weighted by molar-refractivity contribution is 8.05. The molecular weight excluding hydrogens is 1450 g/mol. The van der Waals surface area contributed by atoms with Crippen molar-refractivity contribution in [3.63, 3.8) is 0 Å². The number of thiazole rings is 2. The summed E-state index contributed by atoms with van der Waals surface area (Å²) in [4.78, 5) is 10.1. The van der Waals surface area contributed by atoms with E-state index in [0.29, 0.717) is 82.7 Å². The lowest BCUT2D eigenvalue weighted by atomic mass is 9.50. The number of halogens is 11. The number of sulfonamides is 2. The highest BCUT2D eigenvalue weighted by atomic mass is 32.3. The van der Waals surface area contributed by atoms with Gasteiger partial charge in [0.05, 0.1) is 45.4 Å². The molecule has 0 amide bonds. The summed E-state index contributed by atoms with van der Waals surface area (Å²) in [5, 5.41) is 9.75. The Kier molecular flexibility index (Phi) is 18.6. The molecule has 0 saturated heterocycles. The molecule has 0 fully saturated rings. The Labute approximate surface area is 581 Å². The lowest BCUT2D eigenvalue weighted by Gasteiger charge is -2.35. The Bertz CT molecular complexity index is 5680. The molecule has 0 spiro atoms. The van der Waals surface area contributed by atoms with Gasteiger partial charge in [-0.05, 0) is 78.7 Å². The van der Waals surface area contributed by atoms with Crippen LogP contribution in [0.25, 0.3) is 64.9 Å². The molecule has 4 heterocycles. The lowest BCUT2D eigenvalue weighted by molar-refractivity contribution is -0.326. The van der Waals surface area contributed by atoms with Crippen molar-refractivity contribution in [2.75, 3.05) is 14.2 Å². The van der Waals surface area contributed by atoms with Gasteiger partial charge in [-0.1, -0.05) is 172 Å². The normalized spacial score (nSPS) is 13.4. The van der Waals surface area contributed by atoms with Gasteiger partial charge in [0.25, 0.3) is 10.0 Å². The second kappa shape index (κ2) is 26.6. The number of nitrogens with zero attached hydrogens (tertiary/aromatic N) is 6. The maximum atomic E-state index is 16.0. The van der Waals surface area contributed by atoms with E-state index in [-0.39, 0.29) is 53.9 Å². The van der Waals surface area contributed by atoms with Crippen molar-refractivity contribution in [3.8, 4) is 51.9 Å². The predicted molar refractivity (Wildman–Crippen MR) is 366 cm³/mol. The quantitative estimate of drug-likeness (QED) is 0.0402. The van der Waals surface area contributed by atoms with Gasteiger partial charge in [0, 0.05) is 27.7 Å². The van der Waals surface area contributed by atoms with Gasteiger partial charge in [-0.25, -0.2) is 26.8 Å². The van der Waals surface area contributed by atoms with Crippen LogP contribution in [0.15, 0.2) is 206 Å². The molecule has 0 aliphatic rings. The monoisotopic (exact) mass is 1490 g/mol.